The third-order valence-electron chi connectivity index (χ3n) is 5.47. The topological polar surface area (TPSA) is 83.5 Å². The fourth-order valence-electron chi connectivity index (χ4n) is 3.80. The Labute approximate surface area is 187 Å². The number of unbranched alkanes of at least 4 members (excludes halogenated alkanes) is 1. The van der Waals surface area contributed by atoms with Crippen LogP contribution in [-0.2, 0) is 23.7 Å². The number of fused-ring (bicyclic) bond motifs is 1. The summed E-state index contributed by atoms with van der Waals surface area (Å²) in [7, 11) is 0. The summed E-state index contributed by atoms with van der Waals surface area (Å²) in [5.41, 5.74) is 1.21. The van der Waals surface area contributed by atoms with E-state index in [1.165, 1.54) is 0 Å². The zero-order valence-electron chi connectivity index (χ0n) is 17.7. The van der Waals surface area contributed by atoms with E-state index in [2.05, 4.69) is 6.58 Å². The molecule has 2 unspecified atom stereocenters. The third-order valence-corrected chi connectivity index (χ3v) is 5.47. The first-order chi connectivity index (χ1) is 15.7. The number of rotatable bonds is 8. The number of carbonyl (C=O) groups excluding carboxylic acids is 1. The molecule has 0 radical (unpaired) electrons. The number of allylic oxidation sites excluding steroid dienone is 1. The number of hydrogen-bond acceptors (Lipinski definition) is 7. The van der Waals surface area contributed by atoms with Gasteiger partial charge >= 0.3 is 5.97 Å². The van der Waals surface area contributed by atoms with E-state index in [9.17, 15) is 9.90 Å². The fraction of sp³-hybridized carbons (Fsp3) is 0.400. The SMILES string of the molecule is C=CCCCOC1O[C@@H]2COC(c3ccccc3)O[C@H]2[C@H](O)[C@H]1OC(=O)c1ccccc1. The Bertz CT molecular complexity index is 872. The lowest BCUT2D eigenvalue weighted by atomic mass is 9.97. The van der Waals surface area contributed by atoms with E-state index in [1.54, 1.807) is 30.3 Å². The number of hydrogen-bond donors (Lipinski definition) is 1. The highest BCUT2D eigenvalue weighted by molar-refractivity contribution is 5.89. The Morgan fingerprint density at radius 1 is 1.09 bits per heavy atom. The van der Waals surface area contributed by atoms with Gasteiger partial charge in [0.1, 0.15) is 18.3 Å². The summed E-state index contributed by atoms with van der Waals surface area (Å²) >= 11 is 0. The van der Waals surface area contributed by atoms with E-state index in [0.717, 1.165) is 18.4 Å². The van der Waals surface area contributed by atoms with Gasteiger partial charge in [-0.25, -0.2) is 4.79 Å². The van der Waals surface area contributed by atoms with Crippen molar-refractivity contribution in [3.05, 3.63) is 84.4 Å². The van der Waals surface area contributed by atoms with Crippen molar-refractivity contribution >= 4 is 5.97 Å². The van der Waals surface area contributed by atoms with Crippen molar-refractivity contribution < 1.29 is 33.6 Å². The van der Waals surface area contributed by atoms with Crippen LogP contribution in [0.3, 0.4) is 0 Å². The quantitative estimate of drug-likeness (QED) is 0.383. The van der Waals surface area contributed by atoms with Crippen LogP contribution in [0.1, 0.15) is 35.1 Å². The summed E-state index contributed by atoms with van der Waals surface area (Å²) in [5.74, 6) is -0.567. The molecular formula is C25H28O7. The first-order valence-electron chi connectivity index (χ1n) is 10.8. The molecule has 2 aromatic rings. The molecule has 32 heavy (non-hydrogen) atoms. The Morgan fingerprint density at radius 2 is 1.81 bits per heavy atom. The first kappa shape index (κ1) is 22.6. The van der Waals surface area contributed by atoms with Crippen molar-refractivity contribution in [1.82, 2.24) is 0 Å². The molecule has 2 aromatic carbocycles. The van der Waals surface area contributed by atoms with Crippen LogP contribution in [0.5, 0.6) is 0 Å². The van der Waals surface area contributed by atoms with E-state index in [1.807, 2.05) is 36.4 Å². The molecule has 1 N–H and O–H groups in total. The maximum atomic E-state index is 12.7. The lowest BCUT2D eigenvalue weighted by Crippen LogP contribution is -2.63. The predicted molar refractivity (Wildman–Crippen MR) is 116 cm³/mol. The molecule has 2 aliphatic heterocycles. The van der Waals surface area contributed by atoms with Crippen LogP contribution in [0, 0.1) is 0 Å². The van der Waals surface area contributed by atoms with E-state index in [-0.39, 0.29) is 6.61 Å². The van der Waals surface area contributed by atoms with Gasteiger partial charge in [-0.05, 0) is 25.0 Å². The smallest absolute Gasteiger partial charge is 0.338 e. The molecule has 7 heteroatoms. The van der Waals surface area contributed by atoms with Gasteiger partial charge in [-0.2, -0.15) is 0 Å². The lowest BCUT2D eigenvalue weighted by Gasteiger charge is -2.47. The number of aliphatic hydroxyl groups excluding tert-OH is 1. The standard InChI is InChI=1S/C25H28O7/c1-2-3-10-15-28-25-22(31-23(27)17-11-6-4-7-12-17)20(26)21-19(30-25)16-29-24(32-21)18-13-8-5-9-14-18/h2,4-9,11-14,19-22,24-26H,1,3,10,15-16H2/t19-,20+,21-,22-,24?,25?/m1/s1. The van der Waals surface area contributed by atoms with E-state index >= 15 is 0 Å². The number of benzene rings is 2. The Kier molecular flexibility index (Phi) is 7.68. The minimum atomic E-state index is -1.15. The van der Waals surface area contributed by atoms with Crippen LogP contribution >= 0.6 is 0 Å². The van der Waals surface area contributed by atoms with E-state index in [0.29, 0.717) is 12.2 Å². The van der Waals surface area contributed by atoms with Gasteiger partial charge in [0.05, 0.1) is 18.8 Å². The van der Waals surface area contributed by atoms with Gasteiger partial charge in [-0.1, -0.05) is 54.6 Å². The predicted octanol–water partition coefficient (Wildman–Crippen LogP) is 3.39. The Hall–Kier alpha value is -2.55. The molecule has 0 bridgehead atoms. The fourth-order valence-corrected chi connectivity index (χ4v) is 3.80. The average Bonchev–Trinajstić information content (AvgIpc) is 2.85. The molecule has 2 aliphatic rings. The molecule has 170 valence electrons. The van der Waals surface area contributed by atoms with Crippen molar-refractivity contribution in [2.45, 2.75) is 49.8 Å². The van der Waals surface area contributed by atoms with Gasteiger partial charge in [0.2, 0.25) is 0 Å². The zero-order chi connectivity index (χ0) is 22.3. The zero-order valence-corrected chi connectivity index (χ0v) is 17.7. The molecule has 2 heterocycles. The van der Waals surface area contributed by atoms with Gasteiger partial charge in [-0.3, -0.25) is 0 Å². The summed E-state index contributed by atoms with van der Waals surface area (Å²) in [5, 5.41) is 11.2. The molecule has 4 rings (SSSR count). The molecule has 7 nitrogen and oxygen atoms in total. The molecule has 0 spiro atoms. The second kappa shape index (κ2) is 10.8. The second-order valence-corrected chi connectivity index (χ2v) is 7.75. The van der Waals surface area contributed by atoms with Gasteiger partial charge in [-0.15, -0.1) is 6.58 Å². The van der Waals surface area contributed by atoms with Gasteiger partial charge in [0.25, 0.3) is 0 Å². The molecule has 2 fully saturated rings. The largest absolute Gasteiger partial charge is 0.450 e. The van der Waals surface area contributed by atoms with Crippen molar-refractivity contribution in [2.24, 2.45) is 0 Å². The lowest BCUT2D eigenvalue weighted by molar-refractivity contribution is -0.360. The van der Waals surface area contributed by atoms with Crippen LogP contribution in [0.4, 0.5) is 0 Å². The molecule has 0 aromatic heterocycles. The van der Waals surface area contributed by atoms with Crippen molar-refractivity contribution in [2.75, 3.05) is 13.2 Å². The highest BCUT2D eigenvalue weighted by Crippen LogP contribution is 2.35. The van der Waals surface area contributed by atoms with E-state index in [4.69, 9.17) is 23.7 Å². The second-order valence-electron chi connectivity index (χ2n) is 7.75. The highest BCUT2D eigenvalue weighted by Gasteiger charge is 2.51. The summed E-state index contributed by atoms with van der Waals surface area (Å²) < 4.78 is 29.4. The van der Waals surface area contributed by atoms with E-state index < -0.39 is 43.0 Å². The van der Waals surface area contributed by atoms with Crippen LogP contribution in [0.15, 0.2) is 73.3 Å². The highest BCUT2D eigenvalue weighted by atomic mass is 16.8. The third kappa shape index (κ3) is 5.26. The molecule has 0 aliphatic carbocycles. The van der Waals surface area contributed by atoms with Crippen molar-refractivity contribution in [1.29, 1.82) is 0 Å². The van der Waals surface area contributed by atoms with Gasteiger partial charge in [0.15, 0.2) is 18.7 Å². The molecule has 6 atom stereocenters. The van der Waals surface area contributed by atoms with Crippen molar-refractivity contribution in [3.63, 3.8) is 0 Å². The number of carbonyl (C=O) groups is 1. The number of esters is 1. The summed E-state index contributed by atoms with van der Waals surface area (Å²) in [6.07, 6.45) is -1.78. The minimum absolute atomic E-state index is 0.215. The molecule has 0 amide bonds. The van der Waals surface area contributed by atoms with Gasteiger partial charge < -0.3 is 28.8 Å². The number of ether oxygens (including phenoxy) is 5. The minimum Gasteiger partial charge on any atom is -0.450 e. The molecule has 2 saturated heterocycles. The summed E-state index contributed by atoms with van der Waals surface area (Å²) in [6.45, 7) is 4.29. The monoisotopic (exact) mass is 440 g/mol. The Morgan fingerprint density at radius 3 is 2.53 bits per heavy atom. The first-order valence-corrected chi connectivity index (χ1v) is 10.8. The van der Waals surface area contributed by atoms with Crippen molar-refractivity contribution in [3.8, 4) is 0 Å². The normalized spacial score (nSPS) is 29.7. The van der Waals surface area contributed by atoms with Crippen LogP contribution in [0.25, 0.3) is 0 Å². The molecular weight excluding hydrogens is 412 g/mol. The maximum Gasteiger partial charge on any atom is 0.338 e. The van der Waals surface area contributed by atoms with Crippen LogP contribution in [-0.4, -0.2) is 55.0 Å². The van der Waals surface area contributed by atoms with Crippen LogP contribution in [0.2, 0.25) is 0 Å². The summed E-state index contributed by atoms with van der Waals surface area (Å²) in [4.78, 5) is 12.7. The maximum absolute atomic E-state index is 12.7. The summed E-state index contributed by atoms with van der Waals surface area (Å²) in [6, 6.07) is 18.1. The van der Waals surface area contributed by atoms with Crippen LogP contribution < -0.4 is 0 Å². The van der Waals surface area contributed by atoms with Gasteiger partial charge in [0, 0.05) is 5.56 Å². The average molecular weight is 440 g/mol. The molecule has 0 saturated carbocycles. The number of aliphatic hydroxyl groups is 1. The Balaban J connectivity index is 1.50.